The van der Waals surface area contributed by atoms with Gasteiger partial charge in [-0.15, -0.1) is 0 Å². The Hall–Kier alpha value is -3.02. The topological polar surface area (TPSA) is 96.6 Å². The number of fused-ring (bicyclic) bond motifs is 1. The molecule has 0 spiro atoms. The van der Waals surface area contributed by atoms with Crippen molar-refractivity contribution in [3.63, 3.8) is 0 Å². The first-order chi connectivity index (χ1) is 17.0. The Kier molecular flexibility index (Phi) is 6.26. The highest BCUT2D eigenvalue weighted by Crippen LogP contribution is 2.32. The standard InChI is InChI=1S/C25H25F3N4O3S/c1-14-8-23(30-22-9-15(2-3-19(14)22)25(33)31-12-17(29)13-31)24-20(27)10-18(11-21(24)28)36(34,35)32-6-4-16(26)5-7-32/h2-3,8-11,16-17H,4-7,12-13,29H2,1H3. The molecular formula is C25H25F3N4O3S. The maximum atomic E-state index is 15.2. The van der Waals surface area contributed by atoms with Gasteiger partial charge in [0, 0.05) is 43.2 Å². The van der Waals surface area contributed by atoms with Gasteiger partial charge in [-0.25, -0.2) is 26.6 Å². The number of carbonyl (C=O) groups excluding carboxylic acids is 1. The fourth-order valence-corrected chi connectivity index (χ4v) is 6.18. The van der Waals surface area contributed by atoms with Crippen LogP contribution in [0, 0.1) is 18.6 Å². The highest BCUT2D eigenvalue weighted by Gasteiger charge is 2.31. The fourth-order valence-electron chi connectivity index (χ4n) is 4.68. The second kappa shape index (κ2) is 9.13. The molecule has 0 atom stereocenters. The van der Waals surface area contributed by atoms with E-state index in [1.54, 1.807) is 30.0 Å². The zero-order valence-electron chi connectivity index (χ0n) is 19.5. The van der Waals surface area contributed by atoms with Crippen LogP contribution < -0.4 is 5.73 Å². The second-order valence-electron chi connectivity index (χ2n) is 9.37. The van der Waals surface area contributed by atoms with Gasteiger partial charge in [-0.2, -0.15) is 4.31 Å². The first-order valence-electron chi connectivity index (χ1n) is 11.6. The van der Waals surface area contributed by atoms with E-state index < -0.39 is 38.3 Å². The van der Waals surface area contributed by atoms with E-state index in [4.69, 9.17) is 5.73 Å². The third kappa shape index (κ3) is 4.35. The molecule has 2 fully saturated rings. The van der Waals surface area contributed by atoms with Crippen LogP contribution in [0.15, 0.2) is 41.3 Å². The lowest BCUT2D eigenvalue weighted by molar-refractivity contribution is 0.0608. The molecule has 2 aliphatic rings. The second-order valence-corrected chi connectivity index (χ2v) is 11.3. The van der Waals surface area contributed by atoms with Crippen molar-refractivity contribution in [3.8, 4) is 11.3 Å². The summed E-state index contributed by atoms with van der Waals surface area (Å²) >= 11 is 0. The largest absolute Gasteiger partial charge is 0.335 e. The average Bonchev–Trinajstić information content (AvgIpc) is 2.81. The molecule has 0 radical (unpaired) electrons. The zero-order valence-corrected chi connectivity index (χ0v) is 20.4. The van der Waals surface area contributed by atoms with Gasteiger partial charge in [-0.1, -0.05) is 6.07 Å². The lowest BCUT2D eigenvalue weighted by Crippen LogP contribution is -2.57. The molecule has 3 aromatic rings. The lowest BCUT2D eigenvalue weighted by Gasteiger charge is -2.36. The zero-order chi connectivity index (χ0) is 25.8. The minimum atomic E-state index is -4.18. The van der Waals surface area contributed by atoms with Crippen molar-refractivity contribution in [1.82, 2.24) is 14.2 Å². The van der Waals surface area contributed by atoms with Crippen LogP contribution in [0.2, 0.25) is 0 Å². The van der Waals surface area contributed by atoms with E-state index in [0.717, 1.165) is 16.4 Å². The number of pyridine rings is 1. The molecule has 5 rings (SSSR count). The summed E-state index contributed by atoms with van der Waals surface area (Å²) < 4.78 is 70.6. The van der Waals surface area contributed by atoms with Crippen molar-refractivity contribution < 1.29 is 26.4 Å². The summed E-state index contributed by atoms with van der Waals surface area (Å²) in [5, 5.41) is 0.715. The maximum absolute atomic E-state index is 15.2. The molecule has 36 heavy (non-hydrogen) atoms. The maximum Gasteiger partial charge on any atom is 0.254 e. The van der Waals surface area contributed by atoms with Gasteiger partial charge in [0.05, 0.1) is 21.7 Å². The van der Waals surface area contributed by atoms with Gasteiger partial charge in [-0.05, 0) is 55.7 Å². The van der Waals surface area contributed by atoms with Gasteiger partial charge < -0.3 is 10.6 Å². The summed E-state index contributed by atoms with van der Waals surface area (Å²) in [6.45, 7) is 2.57. The number of sulfonamides is 1. The number of aryl methyl sites for hydroxylation is 1. The van der Waals surface area contributed by atoms with Crippen molar-refractivity contribution in [2.75, 3.05) is 26.2 Å². The number of alkyl halides is 1. The van der Waals surface area contributed by atoms with Crippen LogP contribution in [0.1, 0.15) is 28.8 Å². The van der Waals surface area contributed by atoms with Crippen molar-refractivity contribution in [2.24, 2.45) is 5.73 Å². The number of hydrogen-bond acceptors (Lipinski definition) is 5. The van der Waals surface area contributed by atoms with Crippen LogP contribution in [-0.2, 0) is 10.0 Å². The first-order valence-corrected chi connectivity index (χ1v) is 13.1. The number of nitrogens with zero attached hydrogens (tertiary/aromatic N) is 3. The highest BCUT2D eigenvalue weighted by atomic mass is 32.2. The smallest absolute Gasteiger partial charge is 0.254 e. The summed E-state index contributed by atoms with van der Waals surface area (Å²) in [6, 6.07) is 7.98. The minimum Gasteiger partial charge on any atom is -0.335 e. The molecule has 11 heteroatoms. The van der Waals surface area contributed by atoms with E-state index in [-0.39, 0.29) is 43.6 Å². The molecule has 1 aromatic heterocycles. The first kappa shape index (κ1) is 24.7. The summed E-state index contributed by atoms with van der Waals surface area (Å²) in [4.78, 5) is 18.2. The quantitative estimate of drug-likeness (QED) is 0.571. The Labute approximate surface area is 206 Å². The van der Waals surface area contributed by atoms with Gasteiger partial charge in [0.1, 0.15) is 17.8 Å². The highest BCUT2D eigenvalue weighted by molar-refractivity contribution is 7.89. The number of likely N-dealkylation sites (tertiary alicyclic amines) is 1. The number of piperidine rings is 1. The Balaban J connectivity index is 1.51. The number of amides is 1. The predicted molar refractivity (Wildman–Crippen MR) is 129 cm³/mol. The van der Waals surface area contributed by atoms with Crippen LogP contribution >= 0.6 is 0 Å². The molecule has 2 aliphatic heterocycles. The van der Waals surface area contributed by atoms with Crippen LogP contribution in [-0.4, -0.2) is 66.9 Å². The predicted octanol–water partition coefficient (Wildman–Crippen LogP) is 3.39. The summed E-state index contributed by atoms with van der Waals surface area (Å²) in [5.41, 5.74) is 6.73. The monoisotopic (exact) mass is 518 g/mol. The molecule has 3 heterocycles. The van der Waals surface area contributed by atoms with E-state index in [0.29, 0.717) is 35.1 Å². The number of nitrogens with two attached hydrogens (primary N) is 1. The van der Waals surface area contributed by atoms with E-state index in [2.05, 4.69) is 4.98 Å². The molecule has 0 bridgehead atoms. The summed E-state index contributed by atoms with van der Waals surface area (Å²) in [7, 11) is -4.18. The molecule has 0 unspecified atom stereocenters. The third-order valence-corrected chi connectivity index (χ3v) is 8.63. The Bertz CT molecular complexity index is 1440. The van der Waals surface area contributed by atoms with E-state index in [1.165, 1.54) is 6.07 Å². The number of hydrogen-bond donors (Lipinski definition) is 1. The average molecular weight is 519 g/mol. The fraction of sp³-hybridized carbons (Fsp3) is 0.360. The minimum absolute atomic E-state index is 0.0206. The van der Waals surface area contributed by atoms with Crippen LogP contribution in [0.5, 0.6) is 0 Å². The third-order valence-electron chi connectivity index (χ3n) is 6.75. The van der Waals surface area contributed by atoms with Gasteiger partial charge in [0.15, 0.2) is 0 Å². The molecule has 2 N–H and O–H groups in total. The van der Waals surface area contributed by atoms with Crippen LogP contribution in [0.25, 0.3) is 22.2 Å². The van der Waals surface area contributed by atoms with Crippen LogP contribution in [0.4, 0.5) is 13.2 Å². The molecule has 0 aliphatic carbocycles. The summed E-state index contributed by atoms with van der Waals surface area (Å²) in [5.74, 6) is -2.36. The Morgan fingerprint density at radius 1 is 1.06 bits per heavy atom. The van der Waals surface area contributed by atoms with Gasteiger partial charge >= 0.3 is 0 Å². The SMILES string of the molecule is Cc1cc(-c2c(F)cc(S(=O)(=O)N3CCC(F)CC3)cc2F)nc2cc(C(=O)N3CC(N)C3)ccc12. The normalized spacial score (nSPS) is 18.0. The molecule has 7 nitrogen and oxygen atoms in total. The number of carbonyl (C=O) groups is 1. The van der Waals surface area contributed by atoms with Gasteiger partial charge in [0.2, 0.25) is 10.0 Å². The molecular weight excluding hydrogens is 493 g/mol. The van der Waals surface area contributed by atoms with Gasteiger partial charge in [-0.3, -0.25) is 4.79 Å². The number of aromatic nitrogens is 1. The van der Waals surface area contributed by atoms with E-state index in [9.17, 15) is 17.6 Å². The van der Waals surface area contributed by atoms with Crippen molar-refractivity contribution in [1.29, 1.82) is 0 Å². The van der Waals surface area contributed by atoms with Crippen molar-refractivity contribution in [2.45, 2.75) is 36.9 Å². The Morgan fingerprint density at radius 2 is 1.69 bits per heavy atom. The molecule has 2 aromatic carbocycles. The van der Waals surface area contributed by atoms with E-state index in [1.807, 2.05) is 0 Å². The van der Waals surface area contributed by atoms with Crippen LogP contribution in [0.3, 0.4) is 0 Å². The summed E-state index contributed by atoms with van der Waals surface area (Å²) in [6.07, 6.45) is -1.01. The van der Waals surface area contributed by atoms with Gasteiger partial charge in [0.25, 0.3) is 5.91 Å². The van der Waals surface area contributed by atoms with E-state index >= 15 is 8.78 Å². The Morgan fingerprint density at radius 3 is 2.31 bits per heavy atom. The number of benzene rings is 2. The molecule has 0 saturated carbocycles. The lowest BCUT2D eigenvalue weighted by atomic mass is 10.0. The molecule has 1 amide bonds. The van der Waals surface area contributed by atoms with Crippen molar-refractivity contribution in [3.05, 3.63) is 59.2 Å². The molecule has 190 valence electrons. The number of halogens is 3. The molecule has 2 saturated heterocycles. The number of rotatable bonds is 4. The van der Waals surface area contributed by atoms with Crippen molar-refractivity contribution >= 4 is 26.8 Å².